The molecule has 0 spiro atoms. The predicted octanol–water partition coefficient (Wildman–Crippen LogP) is 3.36. The molecule has 0 amide bonds. The van der Waals surface area contributed by atoms with E-state index in [0.717, 1.165) is 37.9 Å². The molecule has 2 aromatic carbocycles. The first-order valence-corrected chi connectivity index (χ1v) is 9.08. The van der Waals surface area contributed by atoms with Crippen LogP contribution in [-0.2, 0) is 17.8 Å². The quantitative estimate of drug-likeness (QED) is 0.390. The van der Waals surface area contributed by atoms with Crippen LogP contribution >= 0.6 is 0 Å². The number of benzene rings is 2. The summed E-state index contributed by atoms with van der Waals surface area (Å²) in [5, 5.41) is 6.77. The Balaban J connectivity index is 1.89. The summed E-state index contributed by atoms with van der Waals surface area (Å²) in [6.45, 7) is 5.69. The Morgan fingerprint density at radius 3 is 2.42 bits per heavy atom. The van der Waals surface area contributed by atoms with Crippen molar-refractivity contribution >= 4 is 5.96 Å². The van der Waals surface area contributed by atoms with E-state index in [4.69, 9.17) is 9.47 Å². The van der Waals surface area contributed by atoms with Crippen LogP contribution in [0.3, 0.4) is 0 Å². The van der Waals surface area contributed by atoms with Crippen molar-refractivity contribution < 1.29 is 9.47 Å². The minimum absolute atomic E-state index is 0.643. The molecule has 5 heteroatoms. The summed E-state index contributed by atoms with van der Waals surface area (Å²) in [6, 6.07) is 18.3. The number of nitrogens with one attached hydrogen (secondary N) is 2. The Bertz CT molecular complexity index is 642. The predicted molar refractivity (Wildman–Crippen MR) is 107 cm³/mol. The van der Waals surface area contributed by atoms with E-state index in [1.165, 1.54) is 11.1 Å². The van der Waals surface area contributed by atoms with Crippen LogP contribution in [-0.4, -0.2) is 32.8 Å². The normalized spacial score (nSPS) is 11.2. The van der Waals surface area contributed by atoms with E-state index in [0.29, 0.717) is 13.1 Å². The van der Waals surface area contributed by atoms with Crippen LogP contribution in [0.15, 0.2) is 59.6 Å². The van der Waals surface area contributed by atoms with Gasteiger partial charge in [-0.05, 0) is 36.6 Å². The van der Waals surface area contributed by atoms with Gasteiger partial charge < -0.3 is 20.1 Å². The zero-order valence-corrected chi connectivity index (χ0v) is 15.7. The summed E-state index contributed by atoms with van der Waals surface area (Å²) in [7, 11) is 1.67. The van der Waals surface area contributed by atoms with E-state index in [2.05, 4.69) is 39.9 Å². The number of rotatable bonds is 10. The van der Waals surface area contributed by atoms with Crippen LogP contribution in [0.1, 0.15) is 24.5 Å². The Morgan fingerprint density at radius 2 is 1.73 bits per heavy atom. The molecule has 26 heavy (non-hydrogen) atoms. The molecule has 0 bridgehead atoms. The fraction of sp³-hybridized carbons (Fsp3) is 0.381. The fourth-order valence-corrected chi connectivity index (χ4v) is 2.38. The van der Waals surface area contributed by atoms with Crippen molar-refractivity contribution in [2.24, 2.45) is 4.99 Å². The second-order valence-electron chi connectivity index (χ2n) is 5.83. The molecule has 0 saturated heterocycles. The monoisotopic (exact) mass is 355 g/mol. The van der Waals surface area contributed by atoms with Crippen LogP contribution in [0.25, 0.3) is 0 Å². The summed E-state index contributed by atoms with van der Waals surface area (Å²) >= 11 is 0. The van der Waals surface area contributed by atoms with Gasteiger partial charge in [-0.2, -0.15) is 0 Å². The lowest BCUT2D eigenvalue weighted by Gasteiger charge is -2.13. The lowest BCUT2D eigenvalue weighted by atomic mass is 10.2. The van der Waals surface area contributed by atoms with E-state index < -0.39 is 0 Å². The molecule has 0 radical (unpaired) electrons. The Hall–Kier alpha value is -2.53. The Labute approximate surface area is 156 Å². The van der Waals surface area contributed by atoms with Gasteiger partial charge in [0.15, 0.2) is 5.96 Å². The molecular formula is C21H29N3O2. The minimum Gasteiger partial charge on any atom is -0.497 e. The molecule has 140 valence electrons. The largest absolute Gasteiger partial charge is 0.497 e. The van der Waals surface area contributed by atoms with Gasteiger partial charge in [0.1, 0.15) is 5.75 Å². The molecular weight excluding hydrogens is 326 g/mol. The molecule has 2 rings (SSSR count). The van der Waals surface area contributed by atoms with Gasteiger partial charge in [0.05, 0.1) is 13.7 Å². The van der Waals surface area contributed by atoms with Crippen molar-refractivity contribution in [3.05, 3.63) is 65.7 Å². The fourth-order valence-electron chi connectivity index (χ4n) is 2.38. The highest BCUT2D eigenvalue weighted by molar-refractivity contribution is 5.79. The molecule has 2 N–H and O–H groups in total. The maximum Gasteiger partial charge on any atom is 0.191 e. The van der Waals surface area contributed by atoms with Crippen molar-refractivity contribution in [1.82, 2.24) is 10.6 Å². The first-order valence-electron chi connectivity index (χ1n) is 9.08. The zero-order chi connectivity index (χ0) is 18.5. The highest BCUT2D eigenvalue weighted by atomic mass is 16.5. The maximum atomic E-state index is 5.38. The molecule has 0 saturated carbocycles. The standard InChI is InChI=1S/C21H29N3O2/c1-3-26-15-7-14-22-21(23-16-18-8-5-4-6-9-18)24-17-19-10-12-20(25-2)13-11-19/h4-6,8-13H,3,7,14-17H2,1-2H3,(H2,22,23,24). The van der Waals surface area contributed by atoms with E-state index in [-0.39, 0.29) is 0 Å². The topological polar surface area (TPSA) is 54.9 Å². The summed E-state index contributed by atoms with van der Waals surface area (Å²) in [6.07, 6.45) is 0.947. The number of guanidine groups is 1. The summed E-state index contributed by atoms with van der Waals surface area (Å²) < 4.78 is 10.6. The second kappa shape index (κ2) is 11.9. The second-order valence-corrected chi connectivity index (χ2v) is 5.83. The molecule has 0 aliphatic carbocycles. The third kappa shape index (κ3) is 7.57. The lowest BCUT2D eigenvalue weighted by molar-refractivity contribution is 0.145. The molecule has 0 aromatic heterocycles. The van der Waals surface area contributed by atoms with Crippen molar-refractivity contribution in [1.29, 1.82) is 0 Å². The van der Waals surface area contributed by atoms with Gasteiger partial charge in [-0.25, -0.2) is 4.99 Å². The summed E-state index contributed by atoms with van der Waals surface area (Å²) in [4.78, 5) is 4.69. The van der Waals surface area contributed by atoms with Crippen molar-refractivity contribution in [2.45, 2.75) is 26.4 Å². The SMILES string of the molecule is CCOCCCNC(=NCc1ccccc1)NCc1ccc(OC)cc1. The highest BCUT2D eigenvalue weighted by Gasteiger charge is 2.01. The van der Waals surface area contributed by atoms with Crippen LogP contribution in [0.5, 0.6) is 5.75 Å². The van der Waals surface area contributed by atoms with Gasteiger partial charge in [-0.3, -0.25) is 0 Å². The average molecular weight is 355 g/mol. The number of hydrogen-bond acceptors (Lipinski definition) is 3. The molecule has 2 aromatic rings. The maximum absolute atomic E-state index is 5.38. The van der Waals surface area contributed by atoms with Gasteiger partial charge >= 0.3 is 0 Å². The van der Waals surface area contributed by atoms with Crippen molar-refractivity contribution in [3.8, 4) is 5.75 Å². The van der Waals surface area contributed by atoms with E-state index >= 15 is 0 Å². The molecule has 0 aliphatic heterocycles. The van der Waals surface area contributed by atoms with Crippen molar-refractivity contribution in [3.63, 3.8) is 0 Å². The Kier molecular flexibility index (Phi) is 9.08. The smallest absolute Gasteiger partial charge is 0.191 e. The minimum atomic E-state index is 0.643. The van der Waals surface area contributed by atoms with Crippen LogP contribution < -0.4 is 15.4 Å². The molecule has 0 fully saturated rings. The van der Waals surface area contributed by atoms with Gasteiger partial charge in [0.2, 0.25) is 0 Å². The molecule has 0 aliphatic rings. The van der Waals surface area contributed by atoms with E-state index in [9.17, 15) is 0 Å². The van der Waals surface area contributed by atoms with Crippen LogP contribution in [0, 0.1) is 0 Å². The summed E-state index contributed by atoms with van der Waals surface area (Å²) in [5.74, 6) is 1.67. The van der Waals surface area contributed by atoms with Crippen LogP contribution in [0.2, 0.25) is 0 Å². The zero-order valence-electron chi connectivity index (χ0n) is 15.7. The Morgan fingerprint density at radius 1 is 0.962 bits per heavy atom. The van der Waals surface area contributed by atoms with E-state index in [1.54, 1.807) is 7.11 Å². The lowest BCUT2D eigenvalue weighted by Crippen LogP contribution is -2.37. The molecule has 0 unspecified atom stereocenters. The average Bonchev–Trinajstić information content (AvgIpc) is 2.70. The van der Waals surface area contributed by atoms with Crippen LogP contribution in [0.4, 0.5) is 0 Å². The van der Waals surface area contributed by atoms with Crippen molar-refractivity contribution in [2.75, 3.05) is 26.9 Å². The van der Waals surface area contributed by atoms with E-state index in [1.807, 2.05) is 37.3 Å². The van der Waals surface area contributed by atoms with Gasteiger partial charge in [0, 0.05) is 26.3 Å². The molecule has 0 heterocycles. The van der Waals surface area contributed by atoms with Gasteiger partial charge in [0.25, 0.3) is 0 Å². The number of methoxy groups -OCH3 is 1. The third-order valence-corrected chi connectivity index (χ3v) is 3.84. The van der Waals surface area contributed by atoms with Gasteiger partial charge in [-0.1, -0.05) is 42.5 Å². The number of aliphatic imine (C=N–C) groups is 1. The molecule has 5 nitrogen and oxygen atoms in total. The number of ether oxygens (including phenoxy) is 2. The highest BCUT2D eigenvalue weighted by Crippen LogP contribution is 2.10. The third-order valence-electron chi connectivity index (χ3n) is 3.84. The molecule has 0 atom stereocenters. The van der Waals surface area contributed by atoms with Gasteiger partial charge in [-0.15, -0.1) is 0 Å². The first kappa shape index (κ1) is 19.8. The summed E-state index contributed by atoms with van der Waals surface area (Å²) in [5.41, 5.74) is 2.36. The number of nitrogens with zero attached hydrogens (tertiary/aromatic N) is 1. The number of hydrogen-bond donors (Lipinski definition) is 2. The first-order chi connectivity index (χ1) is 12.8.